The van der Waals surface area contributed by atoms with Crippen molar-refractivity contribution in [3.8, 4) is 0 Å². The van der Waals surface area contributed by atoms with E-state index >= 15 is 0 Å². The van der Waals surface area contributed by atoms with Gasteiger partial charge in [-0.25, -0.2) is 0 Å². The van der Waals surface area contributed by atoms with Crippen LogP contribution in [-0.2, 0) is 11.3 Å². The molecular formula is C23H35N3O. The minimum atomic E-state index is 0.622. The van der Waals surface area contributed by atoms with Gasteiger partial charge in [-0.3, -0.25) is 9.58 Å². The Morgan fingerprint density at radius 1 is 1.19 bits per heavy atom. The Morgan fingerprint density at radius 2 is 1.96 bits per heavy atom. The van der Waals surface area contributed by atoms with Crippen molar-refractivity contribution < 1.29 is 4.74 Å². The maximum absolute atomic E-state index is 5.60. The van der Waals surface area contributed by atoms with Crippen LogP contribution in [0.1, 0.15) is 51.5 Å². The Hall–Kier alpha value is -1.39. The Labute approximate surface area is 163 Å². The van der Waals surface area contributed by atoms with Crippen LogP contribution < -0.4 is 0 Å². The molecule has 2 aliphatic heterocycles. The summed E-state index contributed by atoms with van der Waals surface area (Å²) in [7, 11) is 0. The van der Waals surface area contributed by atoms with Gasteiger partial charge in [0.2, 0.25) is 0 Å². The van der Waals surface area contributed by atoms with Gasteiger partial charge in [-0.1, -0.05) is 19.1 Å². The lowest BCUT2D eigenvalue weighted by Gasteiger charge is -2.40. The van der Waals surface area contributed by atoms with Crippen LogP contribution in [0.4, 0.5) is 0 Å². The van der Waals surface area contributed by atoms with Crippen LogP contribution in [0.25, 0.3) is 10.9 Å². The lowest BCUT2D eigenvalue weighted by molar-refractivity contribution is 0.0635. The van der Waals surface area contributed by atoms with Gasteiger partial charge in [0, 0.05) is 43.8 Å². The zero-order chi connectivity index (χ0) is 18.8. The van der Waals surface area contributed by atoms with Crippen molar-refractivity contribution in [1.82, 2.24) is 14.7 Å². The molecule has 2 saturated heterocycles. The molecule has 4 nitrogen and oxygen atoms in total. The van der Waals surface area contributed by atoms with E-state index in [9.17, 15) is 0 Å². The first kappa shape index (κ1) is 18.9. The average Bonchev–Trinajstić information content (AvgIpc) is 3.12. The summed E-state index contributed by atoms with van der Waals surface area (Å²) in [5.41, 5.74) is 2.59. The van der Waals surface area contributed by atoms with E-state index in [0.29, 0.717) is 5.92 Å². The number of piperidine rings is 1. The third-order valence-electron chi connectivity index (χ3n) is 6.66. The van der Waals surface area contributed by atoms with E-state index in [0.717, 1.165) is 37.8 Å². The molecule has 4 rings (SSSR count). The van der Waals surface area contributed by atoms with Crippen LogP contribution in [0.5, 0.6) is 0 Å². The highest BCUT2D eigenvalue weighted by atomic mass is 16.5. The third-order valence-corrected chi connectivity index (χ3v) is 6.66. The van der Waals surface area contributed by atoms with Gasteiger partial charge in [-0.2, -0.15) is 5.10 Å². The van der Waals surface area contributed by atoms with Crippen molar-refractivity contribution >= 4 is 10.9 Å². The highest BCUT2D eigenvalue weighted by Crippen LogP contribution is 2.40. The summed E-state index contributed by atoms with van der Waals surface area (Å²) in [6, 6.07) is 8.23. The van der Waals surface area contributed by atoms with E-state index < -0.39 is 0 Å². The normalized spacial score (nSPS) is 26.7. The lowest BCUT2D eigenvalue weighted by Crippen LogP contribution is -2.45. The van der Waals surface area contributed by atoms with Crippen LogP contribution >= 0.6 is 0 Å². The van der Waals surface area contributed by atoms with Crippen molar-refractivity contribution in [1.29, 1.82) is 0 Å². The molecule has 0 radical (unpaired) electrons. The number of aromatic nitrogens is 2. The molecule has 3 heterocycles. The van der Waals surface area contributed by atoms with E-state index in [1.165, 1.54) is 55.1 Å². The molecule has 2 aliphatic rings. The van der Waals surface area contributed by atoms with Crippen molar-refractivity contribution in [2.75, 3.05) is 19.8 Å². The quantitative estimate of drug-likeness (QED) is 0.635. The van der Waals surface area contributed by atoms with Gasteiger partial charge >= 0.3 is 0 Å². The summed E-state index contributed by atoms with van der Waals surface area (Å²) < 4.78 is 7.81. The average molecular weight is 370 g/mol. The predicted octanol–water partition coefficient (Wildman–Crippen LogP) is 4.65. The van der Waals surface area contributed by atoms with Crippen LogP contribution in [0.3, 0.4) is 0 Å². The number of ether oxygens (including phenoxy) is 1. The number of hydrogen-bond acceptors (Lipinski definition) is 3. The molecular weight excluding hydrogens is 334 g/mol. The van der Waals surface area contributed by atoms with Crippen LogP contribution in [0.15, 0.2) is 24.4 Å². The summed E-state index contributed by atoms with van der Waals surface area (Å²) in [5.74, 6) is 1.50. The van der Waals surface area contributed by atoms with E-state index in [2.05, 4.69) is 53.7 Å². The lowest BCUT2D eigenvalue weighted by atomic mass is 9.88. The number of nitrogens with zero attached hydrogens (tertiary/aromatic N) is 3. The molecule has 0 N–H and O–H groups in total. The molecule has 0 unspecified atom stereocenters. The zero-order valence-electron chi connectivity index (χ0n) is 17.2. The molecule has 0 spiro atoms. The molecule has 3 atom stereocenters. The molecule has 2 bridgehead atoms. The van der Waals surface area contributed by atoms with Crippen molar-refractivity contribution in [2.24, 2.45) is 11.8 Å². The zero-order valence-corrected chi connectivity index (χ0v) is 17.2. The van der Waals surface area contributed by atoms with E-state index in [1.807, 2.05) is 6.20 Å². The minimum Gasteiger partial charge on any atom is -0.382 e. The topological polar surface area (TPSA) is 30.3 Å². The predicted molar refractivity (Wildman–Crippen MR) is 111 cm³/mol. The van der Waals surface area contributed by atoms with Crippen molar-refractivity contribution in [3.05, 3.63) is 30.0 Å². The fraction of sp³-hybridized carbons (Fsp3) is 0.696. The van der Waals surface area contributed by atoms with Crippen molar-refractivity contribution in [3.63, 3.8) is 0 Å². The molecule has 0 aliphatic carbocycles. The van der Waals surface area contributed by atoms with E-state index in [4.69, 9.17) is 4.74 Å². The Bertz CT molecular complexity index is 741. The monoisotopic (exact) mass is 369 g/mol. The summed E-state index contributed by atoms with van der Waals surface area (Å²) in [5, 5.41) is 5.91. The maximum Gasteiger partial charge on any atom is 0.0685 e. The minimum absolute atomic E-state index is 0.622. The summed E-state index contributed by atoms with van der Waals surface area (Å²) in [6.07, 6.45) is 8.80. The molecule has 1 aromatic carbocycles. The number of aryl methyl sites for hydroxylation is 1. The second kappa shape index (κ2) is 8.32. The first-order valence-electron chi connectivity index (χ1n) is 10.9. The van der Waals surface area contributed by atoms with Crippen LogP contribution in [0, 0.1) is 18.8 Å². The van der Waals surface area contributed by atoms with Gasteiger partial charge in [-0.15, -0.1) is 0 Å². The Kier molecular flexibility index (Phi) is 5.84. The molecule has 148 valence electrons. The van der Waals surface area contributed by atoms with Gasteiger partial charge in [0.05, 0.1) is 11.7 Å². The molecule has 4 heteroatoms. The summed E-state index contributed by atoms with van der Waals surface area (Å²) in [4.78, 5) is 2.83. The largest absolute Gasteiger partial charge is 0.382 e. The molecule has 2 fully saturated rings. The van der Waals surface area contributed by atoms with Crippen molar-refractivity contribution in [2.45, 2.75) is 71.5 Å². The molecule has 0 saturated carbocycles. The molecule has 1 aromatic heterocycles. The Morgan fingerprint density at radius 3 is 2.70 bits per heavy atom. The number of fused-ring (bicyclic) bond motifs is 3. The fourth-order valence-corrected chi connectivity index (χ4v) is 5.35. The second-order valence-electron chi connectivity index (χ2n) is 8.90. The first-order valence-corrected chi connectivity index (χ1v) is 10.9. The van der Waals surface area contributed by atoms with Gasteiger partial charge in [0.25, 0.3) is 0 Å². The van der Waals surface area contributed by atoms with Gasteiger partial charge in [0.1, 0.15) is 0 Å². The van der Waals surface area contributed by atoms with Gasteiger partial charge in [-0.05, 0) is 69.4 Å². The van der Waals surface area contributed by atoms with E-state index in [-0.39, 0.29) is 0 Å². The van der Waals surface area contributed by atoms with E-state index in [1.54, 1.807) is 0 Å². The molecule has 2 aromatic rings. The highest BCUT2D eigenvalue weighted by molar-refractivity contribution is 5.79. The van der Waals surface area contributed by atoms with Crippen LogP contribution in [-0.4, -0.2) is 46.5 Å². The smallest absolute Gasteiger partial charge is 0.0685 e. The maximum atomic E-state index is 5.60. The van der Waals surface area contributed by atoms with Gasteiger partial charge < -0.3 is 4.74 Å². The fourth-order valence-electron chi connectivity index (χ4n) is 5.35. The first-order chi connectivity index (χ1) is 13.1. The van der Waals surface area contributed by atoms with Crippen LogP contribution in [0.2, 0.25) is 0 Å². The number of benzene rings is 1. The Balaban J connectivity index is 1.34. The SMILES string of the molecule is CCOCCC1C[C@H]2CC[C@H](C1)N2C[C@@H](C)Cn1ncc2ccc(C)cc21. The highest BCUT2D eigenvalue weighted by Gasteiger charge is 2.40. The number of rotatable bonds is 8. The second-order valence-corrected chi connectivity index (χ2v) is 8.90. The summed E-state index contributed by atoms with van der Waals surface area (Å²) in [6.45, 7) is 10.7. The standard InChI is InChI=1S/C23H35N3O/c1-4-27-10-9-19-12-21-7-8-22(13-19)25(21)15-18(3)16-26-23-11-17(2)5-6-20(23)14-24-26/h5-6,11,14,18-19,21-22H,4,7-10,12-13,15-16H2,1-3H3/t18-,21-,22-/m1/s1. The van der Waals surface area contributed by atoms with Gasteiger partial charge in [0.15, 0.2) is 0 Å². The molecule has 0 amide bonds. The molecule has 27 heavy (non-hydrogen) atoms. The third kappa shape index (κ3) is 4.22. The number of hydrogen-bond donors (Lipinski definition) is 0. The summed E-state index contributed by atoms with van der Waals surface area (Å²) >= 11 is 0.